The van der Waals surface area contributed by atoms with Crippen molar-refractivity contribution in [3.05, 3.63) is 35.9 Å². The third-order valence-electron chi connectivity index (χ3n) is 3.56. The molecule has 0 aromatic heterocycles. The molecule has 5 heteroatoms. The van der Waals surface area contributed by atoms with E-state index in [0.717, 1.165) is 18.0 Å². The van der Waals surface area contributed by atoms with Crippen LogP contribution in [0.1, 0.15) is 18.4 Å². The number of carbonyl (C=O) groups is 1. The summed E-state index contributed by atoms with van der Waals surface area (Å²) in [6.07, 6.45) is 1.16. The minimum atomic E-state index is -1.10. The zero-order valence-electron chi connectivity index (χ0n) is 11.5. The molecule has 1 aromatic carbocycles. The highest BCUT2D eigenvalue weighted by molar-refractivity contribution is 5.65. The second-order valence-corrected chi connectivity index (χ2v) is 5.41. The van der Waals surface area contributed by atoms with E-state index in [1.165, 1.54) is 12.8 Å². The molecule has 1 aliphatic carbocycles. The van der Waals surface area contributed by atoms with Crippen molar-refractivity contribution in [3.8, 4) is 0 Å². The lowest BCUT2D eigenvalue weighted by molar-refractivity contribution is 0.117. The molecule has 0 unspecified atom stereocenters. The van der Waals surface area contributed by atoms with Gasteiger partial charge in [-0.2, -0.15) is 0 Å². The molecule has 0 spiro atoms. The summed E-state index contributed by atoms with van der Waals surface area (Å²) in [5.41, 5.74) is 1.01. The van der Waals surface area contributed by atoms with Gasteiger partial charge in [0.15, 0.2) is 0 Å². The molecule has 1 saturated carbocycles. The zero-order valence-corrected chi connectivity index (χ0v) is 11.5. The highest BCUT2D eigenvalue weighted by Crippen LogP contribution is 2.27. The van der Waals surface area contributed by atoms with E-state index in [-0.39, 0.29) is 0 Å². The SMILES string of the molecule is O=C(O)N[C@@H](Cc1ccccc1)[C@H](O)CNCC1CC1. The molecule has 0 bridgehead atoms. The minimum Gasteiger partial charge on any atom is -0.465 e. The number of carboxylic acid groups (broad SMARTS) is 1. The van der Waals surface area contributed by atoms with Crippen LogP contribution in [-0.4, -0.2) is 41.5 Å². The first kappa shape index (κ1) is 14.8. The fraction of sp³-hybridized carbons (Fsp3) is 0.533. The highest BCUT2D eigenvalue weighted by Gasteiger charge is 2.24. The van der Waals surface area contributed by atoms with E-state index in [1.807, 2.05) is 30.3 Å². The fourth-order valence-corrected chi connectivity index (χ4v) is 2.21. The Morgan fingerprint density at radius 1 is 1.30 bits per heavy atom. The molecule has 2 rings (SSSR count). The summed E-state index contributed by atoms with van der Waals surface area (Å²) in [5.74, 6) is 0.738. The van der Waals surface area contributed by atoms with Gasteiger partial charge in [0.1, 0.15) is 0 Å². The summed E-state index contributed by atoms with van der Waals surface area (Å²) in [6.45, 7) is 1.32. The Morgan fingerprint density at radius 2 is 2.00 bits per heavy atom. The van der Waals surface area contributed by atoms with E-state index in [9.17, 15) is 9.90 Å². The van der Waals surface area contributed by atoms with Crippen LogP contribution in [0, 0.1) is 5.92 Å². The second kappa shape index (κ2) is 7.26. The molecular formula is C15H22N2O3. The van der Waals surface area contributed by atoms with Gasteiger partial charge in [0.25, 0.3) is 0 Å². The molecule has 0 saturated heterocycles. The Morgan fingerprint density at radius 3 is 2.60 bits per heavy atom. The van der Waals surface area contributed by atoms with Crippen molar-refractivity contribution in [2.24, 2.45) is 5.92 Å². The summed E-state index contributed by atoms with van der Waals surface area (Å²) in [4.78, 5) is 10.9. The molecule has 1 aromatic rings. The Hall–Kier alpha value is -1.59. The van der Waals surface area contributed by atoms with Crippen LogP contribution in [0.3, 0.4) is 0 Å². The van der Waals surface area contributed by atoms with E-state index < -0.39 is 18.2 Å². The lowest BCUT2D eigenvalue weighted by atomic mass is 10.0. The molecule has 1 aliphatic rings. The largest absolute Gasteiger partial charge is 0.465 e. The molecule has 5 nitrogen and oxygen atoms in total. The quantitative estimate of drug-likeness (QED) is 0.576. The van der Waals surface area contributed by atoms with Crippen LogP contribution >= 0.6 is 0 Å². The number of hydrogen-bond donors (Lipinski definition) is 4. The van der Waals surface area contributed by atoms with Gasteiger partial charge in [-0.15, -0.1) is 0 Å². The topological polar surface area (TPSA) is 81.6 Å². The first-order valence-corrected chi connectivity index (χ1v) is 7.07. The molecule has 4 N–H and O–H groups in total. The van der Waals surface area contributed by atoms with Gasteiger partial charge in [0, 0.05) is 6.54 Å². The lowest BCUT2D eigenvalue weighted by Crippen LogP contribution is -2.48. The van der Waals surface area contributed by atoms with Crippen LogP contribution in [0.15, 0.2) is 30.3 Å². The molecular weight excluding hydrogens is 256 g/mol. The van der Waals surface area contributed by atoms with E-state index in [4.69, 9.17) is 5.11 Å². The average Bonchev–Trinajstić information content (AvgIpc) is 3.23. The third kappa shape index (κ3) is 5.19. The van der Waals surface area contributed by atoms with Gasteiger partial charge in [0.05, 0.1) is 12.1 Å². The summed E-state index contributed by atoms with van der Waals surface area (Å²) < 4.78 is 0. The third-order valence-corrected chi connectivity index (χ3v) is 3.56. The maximum Gasteiger partial charge on any atom is 0.404 e. The minimum absolute atomic E-state index is 0.411. The molecule has 0 heterocycles. The van der Waals surface area contributed by atoms with Crippen molar-refractivity contribution in [2.45, 2.75) is 31.4 Å². The van der Waals surface area contributed by atoms with Crippen LogP contribution in [0.4, 0.5) is 4.79 Å². The molecule has 20 heavy (non-hydrogen) atoms. The standard InChI is InChI=1S/C15H22N2O3/c18-14(10-16-9-12-6-7-12)13(17-15(19)20)8-11-4-2-1-3-5-11/h1-5,12-14,16-18H,6-10H2,(H,19,20)/t13-,14+/m0/s1. The normalized spacial score (nSPS) is 17.4. The van der Waals surface area contributed by atoms with E-state index in [2.05, 4.69) is 10.6 Å². The second-order valence-electron chi connectivity index (χ2n) is 5.41. The van der Waals surface area contributed by atoms with Gasteiger partial charge in [0.2, 0.25) is 0 Å². The van der Waals surface area contributed by atoms with Crippen molar-refractivity contribution in [1.29, 1.82) is 0 Å². The van der Waals surface area contributed by atoms with Gasteiger partial charge in [-0.1, -0.05) is 30.3 Å². The molecule has 0 aliphatic heterocycles. The number of aliphatic hydroxyl groups excluding tert-OH is 1. The van der Waals surface area contributed by atoms with Gasteiger partial charge < -0.3 is 20.8 Å². The summed E-state index contributed by atoms with van der Waals surface area (Å²) >= 11 is 0. The van der Waals surface area contributed by atoms with Crippen molar-refractivity contribution in [1.82, 2.24) is 10.6 Å². The van der Waals surface area contributed by atoms with Crippen molar-refractivity contribution in [3.63, 3.8) is 0 Å². The van der Waals surface area contributed by atoms with E-state index in [1.54, 1.807) is 0 Å². The van der Waals surface area contributed by atoms with E-state index >= 15 is 0 Å². The first-order valence-electron chi connectivity index (χ1n) is 7.07. The van der Waals surface area contributed by atoms with Crippen LogP contribution in [0.25, 0.3) is 0 Å². The summed E-state index contributed by atoms with van der Waals surface area (Å²) in [5, 5.41) is 24.7. The van der Waals surface area contributed by atoms with Crippen molar-refractivity contribution < 1.29 is 15.0 Å². The first-order chi connectivity index (χ1) is 9.65. The van der Waals surface area contributed by atoms with Crippen LogP contribution < -0.4 is 10.6 Å². The zero-order chi connectivity index (χ0) is 14.4. The number of aliphatic hydroxyl groups is 1. The van der Waals surface area contributed by atoms with Crippen LogP contribution in [0.2, 0.25) is 0 Å². The van der Waals surface area contributed by atoms with Gasteiger partial charge in [-0.05, 0) is 37.3 Å². The maximum absolute atomic E-state index is 10.9. The molecule has 110 valence electrons. The number of nitrogens with one attached hydrogen (secondary N) is 2. The Balaban J connectivity index is 1.85. The summed E-state index contributed by atoms with van der Waals surface area (Å²) in [6, 6.07) is 9.09. The predicted molar refractivity (Wildman–Crippen MR) is 76.7 cm³/mol. The molecule has 1 fully saturated rings. The van der Waals surface area contributed by atoms with Crippen molar-refractivity contribution in [2.75, 3.05) is 13.1 Å². The Bertz CT molecular complexity index is 420. The number of rotatable bonds is 8. The lowest BCUT2D eigenvalue weighted by Gasteiger charge is -2.23. The van der Waals surface area contributed by atoms with Crippen LogP contribution in [-0.2, 0) is 6.42 Å². The van der Waals surface area contributed by atoms with E-state index in [0.29, 0.717) is 13.0 Å². The van der Waals surface area contributed by atoms with Gasteiger partial charge in [-0.3, -0.25) is 0 Å². The molecule has 1 amide bonds. The maximum atomic E-state index is 10.9. The molecule has 0 radical (unpaired) electrons. The summed E-state index contributed by atoms with van der Waals surface area (Å²) in [7, 11) is 0. The fourth-order valence-electron chi connectivity index (χ4n) is 2.21. The van der Waals surface area contributed by atoms with Gasteiger partial charge in [-0.25, -0.2) is 4.79 Å². The smallest absolute Gasteiger partial charge is 0.404 e. The highest BCUT2D eigenvalue weighted by atomic mass is 16.4. The monoisotopic (exact) mass is 278 g/mol. The van der Waals surface area contributed by atoms with Crippen molar-refractivity contribution >= 4 is 6.09 Å². The number of benzene rings is 1. The van der Waals surface area contributed by atoms with Gasteiger partial charge >= 0.3 is 6.09 Å². The predicted octanol–water partition coefficient (Wildman–Crippen LogP) is 1.23. The average molecular weight is 278 g/mol. The Labute approximate surface area is 119 Å². The van der Waals surface area contributed by atoms with Crippen LogP contribution in [0.5, 0.6) is 0 Å². The number of amides is 1. The Kier molecular flexibility index (Phi) is 5.38. The molecule has 2 atom stereocenters. The number of hydrogen-bond acceptors (Lipinski definition) is 3.